The highest BCUT2D eigenvalue weighted by Gasteiger charge is 2.25. The summed E-state index contributed by atoms with van der Waals surface area (Å²) in [4.78, 5) is 14.8. The molecule has 1 aliphatic rings. The summed E-state index contributed by atoms with van der Waals surface area (Å²) in [5.74, 6) is 1.54. The molecule has 1 amide bonds. The van der Waals surface area contributed by atoms with Crippen molar-refractivity contribution in [2.75, 3.05) is 27.3 Å². The van der Waals surface area contributed by atoms with E-state index in [2.05, 4.69) is 10.2 Å². The fourth-order valence-electron chi connectivity index (χ4n) is 3.44. The Labute approximate surface area is 159 Å². The SMILES string of the molecule is COc1cc(CN2CC[C@@H](NC(=O)c3cccc(O)c3C)C2)cc(OC)c1. The van der Waals surface area contributed by atoms with Gasteiger partial charge in [-0.2, -0.15) is 0 Å². The summed E-state index contributed by atoms with van der Waals surface area (Å²) in [5.41, 5.74) is 2.24. The van der Waals surface area contributed by atoms with Gasteiger partial charge in [-0.05, 0) is 43.2 Å². The van der Waals surface area contributed by atoms with Gasteiger partial charge in [-0.15, -0.1) is 0 Å². The Hall–Kier alpha value is -2.73. The standard InChI is InChI=1S/C21H26N2O4/c1-14-19(5-4-6-20(14)24)21(25)22-16-7-8-23(13-16)12-15-9-17(26-2)11-18(10-15)27-3/h4-6,9-11,16,24H,7-8,12-13H2,1-3H3,(H,22,25)/t16-/m1/s1. The third-order valence-electron chi connectivity index (χ3n) is 4.97. The number of phenols is 1. The van der Waals surface area contributed by atoms with Crippen molar-refractivity contribution in [2.24, 2.45) is 0 Å². The van der Waals surface area contributed by atoms with Gasteiger partial charge in [-0.25, -0.2) is 0 Å². The smallest absolute Gasteiger partial charge is 0.251 e. The van der Waals surface area contributed by atoms with Crippen LogP contribution in [0.15, 0.2) is 36.4 Å². The highest BCUT2D eigenvalue weighted by molar-refractivity contribution is 5.96. The lowest BCUT2D eigenvalue weighted by Gasteiger charge is -2.18. The molecule has 2 aromatic rings. The van der Waals surface area contributed by atoms with E-state index in [-0.39, 0.29) is 17.7 Å². The number of aromatic hydroxyl groups is 1. The number of hydrogen-bond donors (Lipinski definition) is 2. The number of phenolic OH excluding ortho intramolecular Hbond substituents is 1. The van der Waals surface area contributed by atoms with Crippen LogP contribution in [0, 0.1) is 6.92 Å². The number of carbonyl (C=O) groups is 1. The molecule has 144 valence electrons. The molecule has 3 rings (SSSR count). The summed E-state index contributed by atoms with van der Waals surface area (Å²) in [6.45, 7) is 4.21. The molecule has 27 heavy (non-hydrogen) atoms. The molecule has 1 saturated heterocycles. The Morgan fingerprint density at radius 1 is 1.22 bits per heavy atom. The molecule has 0 bridgehead atoms. The summed E-state index contributed by atoms with van der Waals surface area (Å²) < 4.78 is 10.7. The fourth-order valence-corrected chi connectivity index (χ4v) is 3.44. The third kappa shape index (κ3) is 4.52. The van der Waals surface area contributed by atoms with Gasteiger partial charge in [-0.3, -0.25) is 9.69 Å². The van der Waals surface area contributed by atoms with Gasteiger partial charge in [0.2, 0.25) is 0 Å². The van der Waals surface area contributed by atoms with E-state index in [1.165, 1.54) is 0 Å². The zero-order chi connectivity index (χ0) is 19.4. The topological polar surface area (TPSA) is 71.0 Å². The van der Waals surface area contributed by atoms with Gasteiger partial charge in [0.05, 0.1) is 14.2 Å². The van der Waals surface area contributed by atoms with Crippen molar-refractivity contribution in [3.63, 3.8) is 0 Å². The van der Waals surface area contributed by atoms with Crippen molar-refractivity contribution < 1.29 is 19.4 Å². The molecule has 0 unspecified atom stereocenters. The first-order valence-corrected chi connectivity index (χ1v) is 9.04. The molecule has 1 heterocycles. The van der Waals surface area contributed by atoms with E-state index in [1.54, 1.807) is 39.3 Å². The summed E-state index contributed by atoms with van der Waals surface area (Å²) >= 11 is 0. The maximum atomic E-state index is 12.5. The lowest BCUT2D eigenvalue weighted by molar-refractivity contribution is 0.0936. The van der Waals surface area contributed by atoms with E-state index in [9.17, 15) is 9.90 Å². The number of rotatable bonds is 6. The van der Waals surface area contributed by atoms with Crippen molar-refractivity contribution in [3.8, 4) is 17.2 Å². The molecule has 2 N–H and O–H groups in total. The molecule has 6 heteroatoms. The second-order valence-electron chi connectivity index (χ2n) is 6.86. The van der Waals surface area contributed by atoms with E-state index in [0.29, 0.717) is 11.1 Å². The van der Waals surface area contributed by atoms with Crippen LogP contribution in [0.1, 0.15) is 27.9 Å². The van der Waals surface area contributed by atoms with Crippen molar-refractivity contribution >= 4 is 5.91 Å². The van der Waals surface area contributed by atoms with Gasteiger partial charge in [0.1, 0.15) is 17.2 Å². The minimum Gasteiger partial charge on any atom is -0.508 e. The Morgan fingerprint density at radius 2 is 1.93 bits per heavy atom. The molecular formula is C21H26N2O4. The molecule has 0 spiro atoms. The molecule has 0 aliphatic carbocycles. The predicted molar refractivity (Wildman–Crippen MR) is 104 cm³/mol. The Kier molecular flexibility index (Phi) is 5.86. The van der Waals surface area contributed by atoms with E-state index in [4.69, 9.17) is 9.47 Å². The van der Waals surface area contributed by atoms with Crippen molar-refractivity contribution in [3.05, 3.63) is 53.1 Å². The van der Waals surface area contributed by atoms with Crippen LogP contribution in [0.25, 0.3) is 0 Å². The number of amides is 1. The Morgan fingerprint density at radius 3 is 2.59 bits per heavy atom. The van der Waals surface area contributed by atoms with E-state index < -0.39 is 0 Å². The minimum absolute atomic E-state index is 0.0896. The Balaban J connectivity index is 1.60. The van der Waals surface area contributed by atoms with Gasteiger partial charge in [0.15, 0.2) is 0 Å². The van der Waals surface area contributed by atoms with Gasteiger partial charge in [-0.1, -0.05) is 6.07 Å². The van der Waals surface area contributed by atoms with Crippen LogP contribution in [-0.2, 0) is 6.54 Å². The highest BCUT2D eigenvalue weighted by Crippen LogP contribution is 2.25. The number of hydrogen-bond acceptors (Lipinski definition) is 5. The number of methoxy groups -OCH3 is 2. The van der Waals surface area contributed by atoms with E-state index in [0.717, 1.165) is 43.1 Å². The number of ether oxygens (including phenoxy) is 2. The highest BCUT2D eigenvalue weighted by atomic mass is 16.5. The number of nitrogens with zero attached hydrogens (tertiary/aromatic N) is 1. The van der Waals surface area contributed by atoms with Crippen LogP contribution in [0.2, 0.25) is 0 Å². The van der Waals surface area contributed by atoms with E-state index in [1.807, 2.05) is 18.2 Å². The second-order valence-corrected chi connectivity index (χ2v) is 6.86. The van der Waals surface area contributed by atoms with Crippen LogP contribution < -0.4 is 14.8 Å². The quantitative estimate of drug-likeness (QED) is 0.818. The van der Waals surface area contributed by atoms with Crippen LogP contribution in [0.3, 0.4) is 0 Å². The number of carbonyl (C=O) groups excluding carboxylic acids is 1. The van der Waals surface area contributed by atoms with Crippen molar-refractivity contribution in [2.45, 2.75) is 25.9 Å². The minimum atomic E-state index is -0.140. The average Bonchev–Trinajstić information content (AvgIpc) is 3.10. The monoisotopic (exact) mass is 370 g/mol. The molecule has 1 fully saturated rings. The van der Waals surface area contributed by atoms with Gasteiger partial charge in [0.25, 0.3) is 5.91 Å². The molecule has 1 atom stereocenters. The van der Waals surface area contributed by atoms with E-state index >= 15 is 0 Å². The summed E-state index contributed by atoms with van der Waals surface area (Å²) in [5, 5.41) is 12.9. The zero-order valence-electron chi connectivity index (χ0n) is 16.0. The molecule has 6 nitrogen and oxygen atoms in total. The maximum absolute atomic E-state index is 12.5. The van der Waals surface area contributed by atoms with Crippen LogP contribution in [0.5, 0.6) is 17.2 Å². The van der Waals surface area contributed by atoms with Gasteiger partial charge in [0, 0.05) is 42.9 Å². The molecule has 1 aliphatic heterocycles. The first kappa shape index (κ1) is 19.0. The van der Waals surface area contributed by atoms with Crippen molar-refractivity contribution in [1.82, 2.24) is 10.2 Å². The summed E-state index contributed by atoms with van der Waals surface area (Å²) in [6.07, 6.45) is 0.894. The number of nitrogens with one attached hydrogen (secondary N) is 1. The summed E-state index contributed by atoms with van der Waals surface area (Å²) in [7, 11) is 3.28. The second kappa shape index (κ2) is 8.31. The normalized spacial score (nSPS) is 16.9. The van der Waals surface area contributed by atoms with Crippen LogP contribution in [0.4, 0.5) is 0 Å². The average molecular weight is 370 g/mol. The summed E-state index contributed by atoms with van der Waals surface area (Å²) in [6, 6.07) is 11.0. The van der Waals surface area contributed by atoms with Gasteiger partial charge < -0.3 is 19.9 Å². The van der Waals surface area contributed by atoms with Crippen LogP contribution >= 0.6 is 0 Å². The third-order valence-corrected chi connectivity index (χ3v) is 4.97. The Bertz CT molecular complexity index is 800. The van der Waals surface area contributed by atoms with Crippen molar-refractivity contribution in [1.29, 1.82) is 0 Å². The zero-order valence-corrected chi connectivity index (χ0v) is 16.0. The molecule has 0 aromatic heterocycles. The molecule has 2 aromatic carbocycles. The predicted octanol–water partition coefficient (Wildman–Crippen LogP) is 2.72. The number of benzene rings is 2. The largest absolute Gasteiger partial charge is 0.508 e. The lowest BCUT2D eigenvalue weighted by atomic mass is 10.1. The molecular weight excluding hydrogens is 344 g/mol. The first-order chi connectivity index (χ1) is 13.0. The molecule has 0 saturated carbocycles. The first-order valence-electron chi connectivity index (χ1n) is 9.04. The lowest BCUT2D eigenvalue weighted by Crippen LogP contribution is -2.37. The molecule has 0 radical (unpaired) electrons. The van der Waals surface area contributed by atoms with Crippen LogP contribution in [-0.4, -0.2) is 49.3 Å². The fraction of sp³-hybridized carbons (Fsp3) is 0.381. The number of likely N-dealkylation sites (tertiary alicyclic amines) is 1. The maximum Gasteiger partial charge on any atom is 0.251 e. The van der Waals surface area contributed by atoms with Gasteiger partial charge >= 0.3 is 0 Å².